The molecule has 0 spiro atoms. The zero-order chi connectivity index (χ0) is 14.8. The molecule has 0 bridgehead atoms. The van der Waals surface area contributed by atoms with E-state index in [1.807, 2.05) is 31.2 Å². The van der Waals surface area contributed by atoms with Gasteiger partial charge in [-0.25, -0.2) is 0 Å². The number of ether oxygens (including phenoxy) is 1. The standard InChI is InChI=1S/C17H14O3S/c1-2-20-13-8-5-6-11(16(13)18)10-15-17(19)12-7-3-4-9-14(12)21-15/h3-10,18H,2H2,1H3. The minimum absolute atomic E-state index is 0.00295. The van der Waals surface area contributed by atoms with E-state index in [1.54, 1.807) is 24.3 Å². The Hall–Kier alpha value is -2.20. The van der Waals surface area contributed by atoms with Gasteiger partial charge in [-0.3, -0.25) is 4.79 Å². The number of ketones is 1. The van der Waals surface area contributed by atoms with E-state index >= 15 is 0 Å². The van der Waals surface area contributed by atoms with Crippen LogP contribution in [0.2, 0.25) is 0 Å². The summed E-state index contributed by atoms with van der Waals surface area (Å²) in [5.41, 5.74) is 1.30. The average molecular weight is 298 g/mol. The second-order valence-corrected chi connectivity index (χ2v) is 5.65. The Morgan fingerprint density at radius 1 is 1.19 bits per heavy atom. The highest BCUT2D eigenvalue weighted by atomic mass is 32.2. The molecule has 0 aliphatic carbocycles. The van der Waals surface area contributed by atoms with Crippen LogP contribution in [0, 0.1) is 0 Å². The van der Waals surface area contributed by atoms with E-state index in [0.717, 1.165) is 4.90 Å². The number of benzene rings is 2. The predicted molar refractivity (Wildman–Crippen MR) is 83.9 cm³/mol. The largest absolute Gasteiger partial charge is 0.504 e. The molecule has 1 aliphatic rings. The molecule has 0 radical (unpaired) electrons. The molecule has 0 atom stereocenters. The van der Waals surface area contributed by atoms with E-state index in [9.17, 15) is 9.90 Å². The number of fused-ring (bicyclic) bond motifs is 1. The lowest BCUT2D eigenvalue weighted by Gasteiger charge is -2.07. The maximum absolute atomic E-state index is 12.3. The summed E-state index contributed by atoms with van der Waals surface area (Å²) in [5.74, 6) is 0.493. The molecule has 4 heteroatoms. The molecule has 106 valence electrons. The van der Waals surface area contributed by atoms with Gasteiger partial charge in [0.15, 0.2) is 11.5 Å². The lowest BCUT2D eigenvalue weighted by Crippen LogP contribution is -1.95. The van der Waals surface area contributed by atoms with Crippen LogP contribution < -0.4 is 4.74 Å². The van der Waals surface area contributed by atoms with Crippen molar-refractivity contribution in [3.05, 3.63) is 58.5 Å². The second-order valence-electron chi connectivity index (χ2n) is 4.56. The third-order valence-corrected chi connectivity index (χ3v) is 4.29. The van der Waals surface area contributed by atoms with E-state index < -0.39 is 0 Å². The van der Waals surface area contributed by atoms with E-state index in [4.69, 9.17) is 4.74 Å². The van der Waals surface area contributed by atoms with Gasteiger partial charge in [0.25, 0.3) is 0 Å². The van der Waals surface area contributed by atoms with E-state index in [-0.39, 0.29) is 11.5 Å². The number of phenolic OH excluding ortho intramolecular Hbond substituents is 1. The molecule has 0 saturated carbocycles. The van der Waals surface area contributed by atoms with Gasteiger partial charge in [-0.15, -0.1) is 0 Å². The van der Waals surface area contributed by atoms with Gasteiger partial charge in [-0.05, 0) is 31.2 Å². The Morgan fingerprint density at radius 3 is 2.76 bits per heavy atom. The van der Waals surface area contributed by atoms with Crippen molar-refractivity contribution >= 4 is 23.6 Å². The van der Waals surface area contributed by atoms with Crippen molar-refractivity contribution in [2.45, 2.75) is 11.8 Å². The number of carbonyl (C=O) groups is 1. The number of hydrogen-bond donors (Lipinski definition) is 1. The van der Waals surface area contributed by atoms with Crippen molar-refractivity contribution in [3.8, 4) is 11.5 Å². The van der Waals surface area contributed by atoms with Gasteiger partial charge in [0.2, 0.25) is 5.78 Å². The fraction of sp³-hybridized carbons (Fsp3) is 0.118. The number of allylic oxidation sites excluding steroid dienone is 1. The highest BCUT2D eigenvalue weighted by molar-refractivity contribution is 8.04. The topological polar surface area (TPSA) is 46.5 Å². The molecule has 3 rings (SSSR count). The van der Waals surface area contributed by atoms with Gasteiger partial charge >= 0.3 is 0 Å². The smallest absolute Gasteiger partial charge is 0.200 e. The number of aromatic hydroxyl groups is 1. The van der Waals surface area contributed by atoms with Crippen molar-refractivity contribution in [2.24, 2.45) is 0 Å². The summed E-state index contributed by atoms with van der Waals surface area (Å²) >= 11 is 1.43. The fourth-order valence-corrected chi connectivity index (χ4v) is 3.25. The maximum atomic E-state index is 12.3. The minimum Gasteiger partial charge on any atom is -0.504 e. The third-order valence-electron chi connectivity index (χ3n) is 3.19. The van der Waals surface area contributed by atoms with Crippen LogP contribution in [-0.2, 0) is 0 Å². The predicted octanol–water partition coefficient (Wildman–Crippen LogP) is 4.12. The summed E-state index contributed by atoms with van der Waals surface area (Å²) in [6.07, 6.45) is 1.71. The molecule has 3 nitrogen and oxygen atoms in total. The first-order chi connectivity index (χ1) is 10.2. The Labute approximate surface area is 127 Å². The second kappa shape index (κ2) is 5.66. The molecular formula is C17H14O3S. The highest BCUT2D eigenvalue weighted by Gasteiger charge is 2.25. The number of thioether (sulfide) groups is 1. The Morgan fingerprint density at radius 2 is 2.00 bits per heavy atom. The maximum Gasteiger partial charge on any atom is 0.200 e. The van der Waals surface area contributed by atoms with Crippen molar-refractivity contribution in [1.82, 2.24) is 0 Å². The summed E-state index contributed by atoms with van der Waals surface area (Å²) in [6, 6.07) is 12.8. The Bertz CT molecular complexity index is 735. The normalized spacial score (nSPS) is 15.3. The Balaban J connectivity index is 1.98. The summed E-state index contributed by atoms with van der Waals surface area (Å²) in [6.45, 7) is 2.34. The first-order valence-electron chi connectivity index (χ1n) is 6.68. The number of para-hydroxylation sites is 1. The number of hydrogen-bond acceptors (Lipinski definition) is 4. The average Bonchev–Trinajstić information content (AvgIpc) is 2.81. The molecule has 2 aromatic rings. The van der Waals surface area contributed by atoms with Crippen LogP contribution in [-0.4, -0.2) is 17.5 Å². The monoisotopic (exact) mass is 298 g/mol. The highest BCUT2D eigenvalue weighted by Crippen LogP contribution is 2.42. The van der Waals surface area contributed by atoms with Crippen molar-refractivity contribution in [3.63, 3.8) is 0 Å². The number of rotatable bonds is 3. The van der Waals surface area contributed by atoms with Crippen LogP contribution in [0.25, 0.3) is 6.08 Å². The summed E-state index contributed by atoms with van der Waals surface area (Å²) in [4.78, 5) is 13.9. The molecule has 0 aromatic heterocycles. The SMILES string of the molecule is CCOc1cccc(C=C2Sc3ccccc3C2=O)c1O. The number of phenols is 1. The van der Waals surface area contributed by atoms with Crippen molar-refractivity contribution < 1.29 is 14.6 Å². The van der Waals surface area contributed by atoms with Crippen LogP contribution >= 0.6 is 11.8 Å². The third kappa shape index (κ3) is 2.54. The molecule has 0 saturated heterocycles. The first kappa shape index (κ1) is 13.8. The van der Waals surface area contributed by atoms with Crippen LogP contribution in [0.15, 0.2) is 52.3 Å². The lowest BCUT2D eigenvalue weighted by molar-refractivity contribution is 0.104. The zero-order valence-electron chi connectivity index (χ0n) is 11.5. The summed E-state index contributed by atoms with van der Waals surface area (Å²) < 4.78 is 5.36. The fourth-order valence-electron chi connectivity index (χ4n) is 2.20. The number of Topliss-reactive ketones (excluding diaryl/α,β-unsaturated/α-hetero) is 1. The summed E-state index contributed by atoms with van der Waals surface area (Å²) in [5, 5.41) is 10.2. The lowest BCUT2D eigenvalue weighted by atomic mass is 10.1. The van der Waals surface area contributed by atoms with E-state index in [0.29, 0.717) is 28.4 Å². The van der Waals surface area contributed by atoms with Crippen LogP contribution in [0.3, 0.4) is 0 Å². The molecule has 0 fully saturated rings. The van der Waals surface area contributed by atoms with Crippen LogP contribution in [0.4, 0.5) is 0 Å². The van der Waals surface area contributed by atoms with Gasteiger partial charge < -0.3 is 9.84 Å². The van der Waals surface area contributed by atoms with Gasteiger partial charge in [-0.1, -0.05) is 36.0 Å². The van der Waals surface area contributed by atoms with Crippen LogP contribution in [0.5, 0.6) is 11.5 Å². The van der Waals surface area contributed by atoms with Gasteiger partial charge in [0, 0.05) is 16.0 Å². The minimum atomic E-state index is -0.00295. The summed E-state index contributed by atoms with van der Waals surface area (Å²) in [7, 11) is 0. The molecule has 2 aromatic carbocycles. The zero-order valence-corrected chi connectivity index (χ0v) is 12.3. The molecule has 1 N–H and O–H groups in total. The van der Waals surface area contributed by atoms with Gasteiger partial charge in [0.05, 0.1) is 11.5 Å². The first-order valence-corrected chi connectivity index (χ1v) is 7.50. The molecule has 0 amide bonds. The van der Waals surface area contributed by atoms with Gasteiger partial charge in [-0.2, -0.15) is 0 Å². The quantitative estimate of drug-likeness (QED) is 0.866. The molecule has 1 aliphatic heterocycles. The molecular weight excluding hydrogens is 284 g/mol. The Kier molecular flexibility index (Phi) is 3.71. The van der Waals surface area contributed by atoms with Crippen molar-refractivity contribution in [1.29, 1.82) is 0 Å². The molecule has 21 heavy (non-hydrogen) atoms. The van der Waals surface area contributed by atoms with E-state index in [1.165, 1.54) is 11.8 Å². The number of carbonyl (C=O) groups excluding carboxylic acids is 1. The molecule has 0 unspecified atom stereocenters. The van der Waals surface area contributed by atoms with Gasteiger partial charge in [0.1, 0.15) is 0 Å². The van der Waals surface area contributed by atoms with E-state index in [2.05, 4.69) is 0 Å². The van der Waals surface area contributed by atoms with Crippen LogP contribution in [0.1, 0.15) is 22.8 Å². The van der Waals surface area contributed by atoms with Crippen molar-refractivity contribution in [2.75, 3.05) is 6.61 Å². The molecule has 1 heterocycles.